The normalized spacial score (nSPS) is 12.4. The summed E-state index contributed by atoms with van der Waals surface area (Å²) in [5.74, 6) is -0.726. The van der Waals surface area contributed by atoms with Crippen molar-refractivity contribution in [2.45, 2.75) is 57.6 Å². The highest BCUT2D eigenvalue weighted by molar-refractivity contribution is 7.92. The van der Waals surface area contributed by atoms with Gasteiger partial charge in [-0.3, -0.25) is 13.9 Å². The summed E-state index contributed by atoms with van der Waals surface area (Å²) < 4.78 is 34.4. The van der Waals surface area contributed by atoms with E-state index in [0.717, 1.165) is 9.87 Å². The van der Waals surface area contributed by atoms with E-state index in [2.05, 4.69) is 5.32 Å². The molecule has 0 aliphatic rings. The second-order valence-corrected chi connectivity index (χ2v) is 13.4. The molecule has 3 rings (SSSR count). The number of carbonyl (C=O) groups excluding carboxylic acids is 2. The van der Waals surface area contributed by atoms with E-state index < -0.39 is 40.0 Å². The SMILES string of the molecule is COc1ccccc1N(CC(=O)N(Cc1ccc(Cl)c(Cl)c1)[C@H](C)C(=O)NC(C)(C)C)S(=O)(=O)c1ccc(C)cc1. The van der Waals surface area contributed by atoms with Gasteiger partial charge in [0.25, 0.3) is 10.0 Å². The lowest BCUT2D eigenvalue weighted by Gasteiger charge is -2.33. The first kappa shape index (κ1) is 32.2. The van der Waals surface area contributed by atoms with Crippen molar-refractivity contribution >= 4 is 50.7 Å². The predicted molar refractivity (Wildman–Crippen MR) is 163 cm³/mol. The molecule has 220 valence electrons. The van der Waals surface area contributed by atoms with Gasteiger partial charge in [0.05, 0.1) is 27.7 Å². The molecule has 0 saturated carbocycles. The maximum Gasteiger partial charge on any atom is 0.264 e. The lowest BCUT2D eigenvalue weighted by Crippen LogP contribution is -2.54. The van der Waals surface area contributed by atoms with Crippen LogP contribution >= 0.6 is 23.2 Å². The molecule has 1 atom stereocenters. The Balaban J connectivity index is 2.09. The first-order valence-electron chi connectivity index (χ1n) is 12.9. The maximum absolute atomic E-state index is 14.1. The molecule has 1 N–H and O–H groups in total. The second kappa shape index (κ2) is 13.1. The number of para-hydroxylation sites is 2. The van der Waals surface area contributed by atoms with Gasteiger partial charge in [-0.05, 0) is 76.6 Å². The molecule has 0 spiro atoms. The number of methoxy groups -OCH3 is 1. The molecule has 3 aromatic rings. The van der Waals surface area contributed by atoms with E-state index in [1.54, 1.807) is 61.5 Å². The predicted octanol–water partition coefficient (Wildman–Crippen LogP) is 5.84. The Morgan fingerprint density at radius 3 is 2.20 bits per heavy atom. The van der Waals surface area contributed by atoms with Crippen LogP contribution < -0.4 is 14.4 Å². The van der Waals surface area contributed by atoms with Gasteiger partial charge in [0.15, 0.2) is 0 Å². The number of amides is 2. The Hall–Kier alpha value is -3.27. The Morgan fingerprint density at radius 1 is 0.976 bits per heavy atom. The maximum atomic E-state index is 14.1. The van der Waals surface area contributed by atoms with Crippen LogP contribution in [0.5, 0.6) is 5.75 Å². The number of nitrogens with zero attached hydrogens (tertiary/aromatic N) is 2. The summed E-state index contributed by atoms with van der Waals surface area (Å²) in [5, 5.41) is 3.53. The lowest BCUT2D eigenvalue weighted by atomic mass is 10.1. The van der Waals surface area contributed by atoms with Crippen LogP contribution in [0.1, 0.15) is 38.8 Å². The molecule has 8 nitrogen and oxygen atoms in total. The van der Waals surface area contributed by atoms with E-state index in [-0.39, 0.29) is 22.9 Å². The number of ether oxygens (including phenoxy) is 1. The number of rotatable bonds is 10. The summed E-state index contributed by atoms with van der Waals surface area (Å²) in [4.78, 5) is 28.6. The van der Waals surface area contributed by atoms with Crippen molar-refractivity contribution in [3.63, 3.8) is 0 Å². The standard InChI is InChI=1S/C30H35Cl2N3O5S/c1-20-11-14-23(15-12-20)41(38,39)35(26-9-7-8-10-27(26)40-6)19-28(36)34(21(2)29(37)33-30(3,4)5)18-22-13-16-24(31)25(32)17-22/h7-17,21H,18-19H2,1-6H3,(H,33,37)/t21-/m1/s1. The number of hydrogen-bond acceptors (Lipinski definition) is 5. The van der Waals surface area contributed by atoms with Crippen LogP contribution in [0, 0.1) is 6.92 Å². The first-order chi connectivity index (χ1) is 19.1. The minimum absolute atomic E-state index is 0.0105. The Kier molecular flexibility index (Phi) is 10.3. The average Bonchev–Trinajstić information content (AvgIpc) is 2.91. The van der Waals surface area contributed by atoms with Crippen molar-refractivity contribution in [1.82, 2.24) is 10.2 Å². The van der Waals surface area contributed by atoms with Gasteiger partial charge in [-0.2, -0.15) is 0 Å². The Morgan fingerprint density at radius 2 is 1.61 bits per heavy atom. The number of carbonyl (C=O) groups is 2. The third-order valence-corrected chi connectivity index (χ3v) is 8.76. The van der Waals surface area contributed by atoms with E-state index in [1.165, 1.54) is 24.1 Å². The zero-order valence-electron chi connectivity index (χ0n) is 23.9. The van der Waals surface area contributed by atoms with Gasteiger partial charge in [-0.25, -0.2) is 8.42 Å². The van der Waals surface area contributed by atoms with E-state index in [0.29, 0.717) is 15.6 Å². The van der Waals surface area contributed by atoms with E-state index in [4.69, 9.17) is 27.9 Å². The van der Waals surface area contributed by atoms with Crippen LogP contribution in [0.25, 0.3) is 0 Å². The first-order valence-corrected chi connectivity index (χ1v) is 15.1. The molecular formula is C30H35Cl2N3O5S. The topological polar surface area (TPSA) is 96.0 Å². The van der Waals surface area contributed by atoms with Crippen LogP contribution in [0.4, 0.5) is 5.69 Å². The minimum atomic E-state index is -4.23. The van der Waals surface area contributed by atoms with Gasteiger partial charge in [0.1, 0.15) is 18.3 Å². The van der Waals surface area contributed by atoms with Gasteiger partial charge >= 0.3 is 0 Å². The van der Waals surface area contributed by atoms with E-state index in [1.807, 2.05) is 27.7 Å². The van der Waals surface area contributed by atoms with Crippen molar-refractivity contribution in [3.8, 4) is 5.75 Å². The van der Waals surface area contributed by atoms with Crippen molar-refractivity contribution < 1.29 is 22.7 Å². The molecule has 0 heterocycles. The fourth-order valence-electron chi connectivity index (χ4n) is 4.08. The fourth-order valence-corrected chi connectivity index (χ4v) is 5.82. The Bertz CT molecular complexity index is 1510. The highest BCUT2D eigenvalue weighted by atomic mass is 35.5. The monoisotopic (exact) mass is 619 g/mol. The van der Waals surface area contributed by atoms with Crippen molar-refractivity contribution in [2.24, 2.45) is 0 Å². The summed E-state index contributed by atoms with van der Waals surface area (Å²) in [6, 6.07) is 16.9. The molecular weight excluding hydrogens is 585 g/mol. The van der Waals surface area contributed by atoms with Gasteiger partial charge in [0.2, 0.25) is 11.8 Å². The van der Waals surface area contributed by atoms with E-state index in [9.17, 15) is 18.0 Å². The van der Waals surface area contributed by atoms with Crippen LogP contribution in [0.2, 0.25) is 10.0 Å². The molecule has 0 unspecified atom stereocenters. The van der Waals surface area contributed by atoms with Crippen LogP contribution in [-0.2, 0) is 26.2 Å². The largest absolute Gasteiger partial charge is 0.495 e. The lowest BCUT2D eigenvalue weighted by molar-refractivity contribution is -0.140. The number of sulfonamides is 1. The zero-order valence-corrected chi connectivity index (χ0v) is 26.3. The number of aryl methyl sites for hydroxylation is 1. The van der Waals surface area contributed by atoms with Crippen LogP contribution in [0.15, 0.2) is 71.6 Å². The molecule has 3 aromatic carbocycles. The molecule has 0 fully saturated rings. The summed E-state index contributed by atoms with van der Waals surface area (Å²) in [7, 11) is -2.80. The van der Waals surface area contributed by atoms with Crippen molar-refractivity contribution in [2.75, 3.05) is 18.0 Å². The average molecular weight is 621 g/mol. The summed E-state index contributed by atoms with van der Waals surface area (Å²) >= 11 is 12.3. The quantitative estimate of drug-likeness (QED) is 0.308. The van der Waals surface area contributed by atoms with E-state index >= 15 is 0 Å². The molecule has 0 saturated heterocycles. The smallest absolute Gasteiger partial charge is 0.264 e. The van der Waals surface area contributed by atoms with Crippen LogP contribution in [0.3, 0.4) is 0 Å². The highest BCUT2D eigenvalue weighted by Gasteiger charge is 2.34. The summed E-state index contributed by atoms with van der Waals surface area (Å²) in [6.07, 6.45) is 0. The number of hydrogen-bond donors (Lipinski definition) is 1. The summed E-state index contributed by atoms with van der Waals surface area (Å²) in [6.45, 7) is 8.34. The van der Waals surface area contributed by atoms with Gasteiger partial charge in [-0.15, -0.1) is 0 Å². The minimum Gasteiger partial charge on any atom is -0.495 e. The number of benzene rings is 3. The highest BCUT2D eigenvalue weighted by Crippen LogP contribution is 2.33. The number of anilines is 1. The molecule has 0 aromatic heterocycles. The molecule has 2 amide bonds. The fraction of sp³-hybridized carbons (Fsp3) is 0.333. The third kappa shape index (κ3) is 8.15. The molecule has 0 aliphatic carbocycles. The third-order valence-electron chi connectivity index (χ3n) is 6.24. The zero-order chi connectivity index (χ0) is 30.5. The van der Waals surface area contributed by atoms with Crippen molar-refractivity contribution in [3.05, 3.63) is 87.9 Å². The van der Waals surface area contributed by atoms with Crippen molar-refractivity contribution in [1.29, 1.82) is 0 Å². The summed E-state index contributed by atoms with van der Waals surface area (Å²) in [5.41, 5.74) is 1.14. The van der Waals surface area contributed by atoms with Gasteiger partial charge < -0.3 is 15.0 Å². The molecule has 41 heavy (non-hydrogen) atoms. The molecule has 0 bridgehead atoms. The number of halogens is 2. The molecule has 0 aliphatic heterocycles. The number of nitrogens with one attached hydrogen (secondary N) is 1. The second-order valence-electron chi connectivity index (χ2n) is 10.7. The molecule has 11 heteroatoms. The molecule has 0 radical (unpaired) electrons. The van der Waals surface area contributed by atoms with Crippen LogP contribution in [-0.4, -0.2) is 50.4 Å². The van der Waals surface area contributed by atoms with Gasteiger partial charge in [0, 0.05) is 12.1 Å². The Labute approximate surface area is 252 Å². The van der Waals surface area contributed by atoms with Gasteiger partial charge in [-0.1, -0.05) is 59.1 Å².